The van der Waals surface area contributed by atoms with Crippen LogP contribution in [0.2, 0.25) is 0 Å². The van der Waals surface area contributed by atoms with Gasteiger partial charge in [0.15, 0.2) is 5.16 Å². The molecule has 0 unspecified atom stereocenters. The maximum Gasteiger partial charge on any atom is 0.231 e. The highest BCUT2D eigenvalue weighted by Gasteiger charge is 2.45. The van der Waals surface area contributed by atoms with E-state index in [9.17, 15) is 5.21 Å². The third kappa shape index (κ3) is 5.21. The highest BCUT2D eigenvalue weighted by atomic mass is 32.2. The molecule has 1 aliphatic rings. The van der Waals surface area contributed by atoms with Gasteiger partial charge in [0.2, 0.25) is 11.9 Å². The van der Waals surface area contributed by atoms with Gasteiger partial charge in [0, 0.05) is 30.2 Å². The normalized spacial score (nSPS) is 19.5. The molecule has 0 amide bonds. The Morgan fingerprint density at radius 1 is 1.15 bits per heavy atom. The Kier molecular flexibility index (Phi) is 6.88. The highest BCUT2D eigenvalue weighted by Crippen LogP contribution is 2.37. The molecule has 2 N–H and O–H groups in total. The first-order valence-electron chi connectivity index (χ1n) is 9.15. The number of piperidine rings is 1. The van der Waals surface area contributed by atoms with Crippen LogP contribution in [0.3, 0.4) is 0 Å². The number of nitrogens with one attached hydrogen (secondary N) is 1. The fraction of sp³-hybridized carbons (Fsp3) is 0.632. The summed E-state index contributed by atoms with van der Waals surface area (Å²) < 4.78 is 0. The van der Waals surface area contributed by atoms with Gasteiger partial charge in [-0.25, -0.2) is 0 Å². The largest absolute Gasteiger partial charge is 0.351 e. The minimum absolute atomic E-state index is 0.149. The van der Waals surface area contributed by atoms with E-state index in [4.69, 9.17) is 0 Å². The standard InChI is InChI=1S/C19H32N6OS/c1-8-10-24(11-9-2)16-21-15(22-17(23-16)27-7)20-14-12-18(3,4)25(26)19(5,6)13-14/h8-9,14,26H,1-2,10-13H2,3-7H3,(H,20,21,22,23). The lowest BCUT2D eigenvalue weighted by Crippen LogP contribution is -2.61. The first-order chi connectivity index (χ1) is 12.6. The number of aromatic nitrogens is 3. The second-order valence-electron chi connectivity index (χ2n) is 8.11. The quantitative estimate of drug-likeness (QED) is 0.513. The van der Waals surface area contributed by atoms with Crippen molar-refractivity contribution in [2.24, 2.45) is 0 Å². The number of thioether (sulfide) groups is 1. The average molecular weight is 393 g/mol. The SMILES string of the molecule is C=CCN(CC=C)c1nc(NC2CC(C)(C)N(O)C(C)(C)C2)nc(SC)n1. The van der Waals surface area contributed by atoms with Crippen molar-refractivity contribution in [3.63, 3.8) is 0 Å². The molecular weight excluding hydrogens is 360 g/mol. The van der Waals surface area contributed by atoms with E-state index in [1.54, 1.807) is 0 Å². The van der Waals surface area contributed by atoms with E-state index in [2.05, 4.69) is 33.4 Å². The monoisotopic (exact) mass is 392 g/mol. The first-order valence-corrected chi connectivity index (χ1v) is 10.4. The van der Waals surface area contributed by atoms with Gasteiger partial charge in [0.1, 0.15) is 0 Å². The summed E-state index contributed by atoms with van der Waals surface area (Å²) >= 11 is 1.48. The van der Waals surface area contributed by atoms with Gasteiger partial charge < -0.3 is 15.4 Å². The van der Waals surface area contributed by atoms with E-state index in [1.807, 2.05) is 51.0 Å². The maximum atomic E-state index is 10.5. The third-order valence-corrected chi connectivity index (χ3v) is 5.29. The zero-order chi connectivity index (χ0) is 20.2. The van der Waals surface area contributed by atoms with Gasteiger partial charge in [-0.3, -0.25) is 0 Å². The van der Waals surface area contributed by atoms with Crippen LogP contribution in [0.4, 0.5) is 11.9 Å². The molecule has 1 aliphatic heterocycles. The van der Waals surface area contributed by atoms with Crippen molar-refractivity contribution >= 4 is 23.7 Å². The lowest BCUT2D eigenvalue weighted by atomic mass is 9.79. The average Bonchev–Trinajstić information content (AvgIpc) is 2.58. The van der Waals surface area contributed by atoms with E-state index < -0.39 is 0 Å². The minimum Gasteiger partial charge on any atom is -0.351 e. The van der Waals surface area contributed by atoms with Gasteiger partial charge in [-0.1, -0.05) is 23.9 Å². The molecule has 2 rings (SSSR count). The molecule has 1 aromatic heterocycles. The Morgan fingerprint density at radius 2 is 1.70 bits per heavy atom. The van der Waals surface area contributed by atoms with Crippen molar-refractivity contribution in [3.8, 4) is 0 Å². The van der Waals surface area contributed by atoms with Gasteiger partial charge in [0.05, 0.1) is 0 Å². The number of rotatable bonds is 8. The van der Waals surface area contributed by atoms with Crippen molar-refractivity contribution in [1.82, 2.24) is 20.0 Å². The Bertz CT molecular complexity index is 650. The number of anilines is 2. The maximum absolute atomic E-state index is 10.5. The van der Waals surface area contributed by atoms with Gasteiger partial charge in [-0.2, -0.15) is 20.0 Å². The third-order valence-electron chi connectivity index (χ3n) is 4.74. The fourth-order valence-corrected chi connectivity index (χ4v) is 4.10. The summed E-state index contributed by atoms with van der Waals surface area (Å²) in [5, 5.41) is 16.1. The predicted octanol–water partition coefficient (Wildman–Crippen LogP) is 3.59. The summed E-state index contributed by atoms with van der Waals surface area (Å²) in [5.41, 5.74) is -0.676. The molecule has 2 heterocycles. The van der Waals surface area contributed by atoms with Crippen LogP contribution >= 0.6 is 11.8 Å². The molecule has 0 radical (unpaired) electrons. The van der Waals surface area contributed by atoms with Crippen molar-refractivity contribution in [2.45, 2.75) is 62.8 Å². The topological polar surface area (TPSA) is 77.4 Å². The molecular formula is C19H32N6OS. The summed E-state index contributed by atoms with van der Waals surface area (Å²) in [4.78, 5) is 15.7. The molecule has 1 aromatic rings. The Labute approximate surface area is 166 Å². The van der Waals surface area contributed by atoms with Gasteiger partial charge in [-0.15, -0.1) is 13.2 Å². The van der Waals surface area contributed by atoms with Gasteiger partial charge in [0.25, 0.3) is 0 Å². The second kappa shape index (κ2) is 8.58. The summed E-state index contributed by atoms with van der Waals surface area (Å²) in [7, 11) is 0. The molecule has 1 saturated heterocycles. The molecule has 7 nitrogen and oxygen atoms in total. The van der Waals surface area contributed by atoms with Crippen LogP contribution < -0.4 is 10.2 Å². The number of nitrogens with zero attached hydrogens (tertiary/aromatic N) is 5. The van der Waals surface area contributed by atoms with E-state index in [1.165, 1.54) is 16.8 Å². The Balaban J connectivity index is 2.29. The number of hydroxylamine groups is 2. The lowest BCUT2D eigenvalue weighted by Gasteiger charge is -2.51. The molecule has 0 atom stereocenters. The molecule has 0 aromatic carbocycles. The predicted molar refractivity (Wildman–Crippen MR) is 113 cm³/mol. The summed E-state index contributed by atoms with van der Waals surface area (Å²) in [6.45, 7) is 17.1. The van der Waals surface area contributed by atoms with Crippen LogP contribution in [0, 0.1) is 0 Å². The van der Waals surface area contributed by atoms with Gasteiger partial charge in [-0.05, 0) is 46.8 Å². The van der Waals surface area contributed by atoms with Crippen molar-refractivity contribution < 1.29 is 5.21 Å². The molecule has 1 fully saturated rings. The van der Waals surface area contributed by atoms with Crippen molar-refractivity contribution in [3.05, 3.63) is 25.3 Å². The van der Waals surface area contributed by atoms with Gasteiger partial charge >= 0.3 is 0 Å². The zero-order valence-electron chi connectivity index (χ0n) is 17.1. The van der Waals surface area contributed by atoms with Crippen LogP contribution in [0.15, 0.2) is 30.5 Å². The smallest absolute Gasteiger partial charge is 0.231 e. The van der Waals surface area contributed by atoms with Crippen LogP contribution in [0.5, 0.6) is 0 Å². The van der Waals surface area contributed by atoms with E-state index >= 15 is 0 Å². The van der Waals surface area contributed by atoms with E-state index in [0.29, 0.717) is 30.1 Å². The van der Waals surface area contributed by atoms with E-state index in [-0.39, 0.29) is 17.1 Å². The van der Waals surface area contributed by atoms with Crippen molar-refractivity contribution in [1.29, 1.82) is 0 Å². The van der Waals surface area contributed by atoms with Crippen LogP contribution in [0.25, 0.3) is 0 Å². The summed E-state index contributed by atoms with van der Waals surface area (Å²) in [6.07, 6.45) is 7.16. The van der Waals surface area contributed by atoms with Crippen LogP contribution in [0.1, 0.15) is 40.5 Å². The minimum atomic E-state index is -0.338. The summed E-state index contributed by atoms with van der Waals surface area (Å²) in [5.74, 6) is 1.17. The fourth-order valence-electron chi connectivity index (χ4n) is 3.75. The first kappa shape index (κ1) is 21.7. The molecule has 0 bridgehead atoms. The number of hydrogen-bond acceptors (Lipinski definition) is 8. The molecule has 150 valence electrons. The van der Waals surface area contributed by atoms with E-state index in [0.717, 1.165) is 12.8 Å². The molecule has 0 spiro atoms. The molecule has 0 aliphatic carbocycles. The highest BCUT2D eigenvalue weighted by molar-refractivity contribution is 7.98. The van der Waals surface area contributed by atoms with Crippen LogP contribution in [-0.2, 0) is 0 Å². The summed E-state index contributed by atoms with van der Waals surface area (Å²) in [6, 6.07) is 0.149. The number of hydrogen-bond donors (Lipinski definition) is 2. The molecule has 0 saturated carbocycles. The Morgan fingerprint density at radius 3 is 2.19 bits per heavy atom. The molecule has 8 heteroatoms. The Hall–Kier alpha value is -1.64. The van der Waals surface area contributed by atoms with Crippen molar-refractivity contribution in [2.75, 3.05) is 29.6 Å². The zero-order valence-corrected chi connectivity index (χ0v) is 17.9. The second-order valence-corrected chi connectivity index (χ2v) is 8.89. The van der Waals surface area contributed by atoms with Crippen LogP contribution in [-0.4, -0.2) is 61.7 Å². The molecule has 27 heavy (non-hydrogen) atoms. The lowest BCUT2D eigenvalue weighted by molar-refractivity contribution is -0.243.